The molecule has 1 heterocycles. The minimum Gasteiger partial charge on any atom is -0.326 e. The highest BCUT2D eigenvalue weighted by Crippen LogP contribution is 2.25. The van der Waals surface area contributed by atoms with E-state index in [-0.39, 0.29) is 11.8 Å². The van der Waals surface area contributed by atoms with Crippen LogP contribution in [-0.2, 0) is 4.79 Å². The van der Waals surface area contributed by atoms with Crippen molar-refractivity contribution in [2.24, 2.45) is 5.92 Å². The first kappa shape index (κ1) is 14.1. The molecule has 0 aliphatic carbocycles. The predicted octanol–water partition coefficient (Wildman–Crippen LogP) is 3.14. The highest BCUT2D eigenvalue weighted by molar-refractivity contribution is 5.93. The molecule has 1 amide bonds. The Kier molecular flexibility index (Phi) is 4.59. The maximum Gasteiger partial charge on any atom is 0.227 e. The monoisotopic (exact) mass is 260 g/mol. The molecule has 0 radical (unpaired) electrons. The maximum absolute atomic E-state index is 12.3. The third kappa shape index (κ3) is 3.57. The van der Waals surface area contributed by atoms with Crippen LogP contribution in [0.2, 0.25) is 0 Å². The summed E-state index contributed by atoms with van der Waals surface area (Å²) in [6, 6.07) is 8.53. The van der Waals surface area contributed by atoms with Crippen LogP contribution in [0.15, 0.2) is 24.3 Å². The number of rotatable bonds is 3. The van der Waals surface area contributed by atoms with Gasteiger partial charge in [-0.3, -0.25) is 4.79 Å². The Labute approximate surface area is 115 Å². The van der Waals surface area contributed by atoms with Crippen molar-refractivity contribution in [1.82, 2.24) is 5.32 Å². The van der Waals surface area contributed by atoms with Crippen LogP contribution in [0.4, 0.5) is 5.69 Å². The Morgan fingerprint density at radius 3 is 2.79 bits per heavy atom. The first-order chi connectivity index (χ1) is 9.08. The van der Waals surface area contributed by atoms with E-state index in [1.165, 1.54) is 5.56 Å². The molecule has 1 aromatic carbocycles. The zero-order valence-corrected chi connectivity index (χ0v) is 12.1. The fraction of sp³-hybridized carbons (Fsp3) is 0.562. The van der Waals surface area contributed by atoms with Crippen LogP contribution in [0.3, 0.4) is 0 Å². The second-order valence-corrected chi connectivity index (χ2v) is 5.81. The lowest BCUT2D eigenvalue weighted by Crippen LogP contribution is -2.40. The van der Waals surface area contributed by atoms with E-state index in [1.54, 1.807) is 0 Å². The van der Waals surface area contributed by atoms with Crippen LogP contribution < -0.4 is 10.6 Å². The smallest absolute Gasteiger partial charge is 0.227 e. The minimum absolute atomic E-state index is 0.136. The number of piperidine rings is 1. The molecule has 3 heteroatoms. The summed E-state index contributed by atoms with van der Waals surface area (Å²) in [7, 11) is 0. The minimum atomic E-state index is 0.136. The SMILES string of the molecule is CC(C)c1ccccc1NC(=O)[C@H]1CCN[C@@H](C)C1. The largest absolute Gasteiger partial charge is 0.326 e. The van der Waals surface area contributed by atoms with Gasteiger partial charge in [0.05, 0.1) is 0 Å². The molecule has 0 aromatic heterocycles. The van der Waals surface area contributed by atoms with Gasteiger partial charge in [0.2, 0.25) is 5.91 Å². The predicted molar refractivity (Wildman–Crippen MR) is 79.3 cm³/mol. The Hall–Kier alpha value is -1.35. The highest BCUT2D eigenvalue weighted by Gasteiger charge is 2.25. The number of hydrogen-bond acceptors (Lipinski definition) is 2. The standard InChI is InChI=1S/C16H24N2O/c1-11(2)14-6-4-5-7-15(14)18-16(19)13-8-9-17-12(3)10-13/h4-7,11-13,17H,8-10H2,1-3H3,(H,18,19)/t12-,13-/m0/s1. The number of amides is 1. The summed E-state index contributed by atoms with van der Waals surface area (Å²) < 4.78 is 0. The molecule has 2 atom stereocenters. The van der Waals surface area contributed by atoms with E-state index in [1.807, 2.05) is 18.2 Å². The third-order valence-electron chi connectivity index (χ3n) is 3.84. The molecule has 0 spiro atoms. The van der Waals surface area contributed by atoms with Crippen LogP contribution in [-0.4, -0.2) is 18.5 Å². The fourth-order valence-corrected chi connectivity index (χ4v) is 2.72. The number of anilines is 1. The van der Waals surface area contributed by atoms with Gasteiger partial charge in [-0.15, -0.1) is 0 Å². The number of hydrogen-bond donors (Lipinski definition) is 2. The molecule has 0 saturated carbocycles. The van der Waals surface area contributed by atoms with Gasteiger partial charge in [-0.1, -0.05) is 32.0 Å². The Balaban J connectivity index is 2.06. The summed E-state index contributed by atoms with van der Waals surface area (Å²) in [6.07, 6.45) is 1.86. The fourth-order valence-electron chi connectivity index (χ4n) is 2.72. The van der Waals surface area contributed by atoms with Crippen molar-refractivity contribution in [3.05, 3.63) is 29.8 Å². The van der Waals surface area contributed by atoms with E-state index in [4.69, 9.17) is 0 Å². The van der Waals surface area contributed by atoms with Gasteiger partial charge in [0.1, 0.15) is 0 Å². The molecule has 1 fully saturated rings. The number of para-hydroxylation sites is 1. The van der Waals surface area contributed by atoms with Crippen LogP contribution >= 0.6 is 0 Å². The lowest BCUT2D eigenvalue weighted by molar-refractivity contribution is -0.120. The van der Waals surface area contributed by atoms with Crippen molar-refractivity contribution in [3.8, 4) is 0 Å². The third-order valence-corrected chi connectivity index (χ3v) is 3.84. The topological polar surface area (TPSA) is 41.1 Å². The van der Waals surface area contributed by atoms with E-state index in [0.717, 1.165) is 25.1 Å². The summed E-state index contributed by atoms with van der Waals surface area (Å²) >= 11 is 0. The van der Waals surface area contributed by atoms with Crippen LogP contribution in [0.1, 0.15) is 45.1 Å². The van der Waals surface area contributed by atoms with Gasteiger partial charge in [0, 0.05) is 17.6 Å². The highest BCUT2D eigenvalue weighted by atomic mass is 16.1. The normalized spacial score (nSPS) is 23.4. The Morgan fingerprint density at radius 2 is 2.11 bits per heavy atom. The lowest BCUT2D eigenvalue weighted by atomic mass is 9.92. The van der Waals surface area contributed by atoms with E-state index in [2.05, 4.69) is 37.5 Å². The van der Waals surface area contributed by atoms with E-state index in [9.17, 15) is 4.79 Å². The molecular formula is C16H24N2O. The first-order valence-electron chi connectivity index (χ1n) is 7.21. The van der Waals surface area contributed by atoms with Gasteiger partial charge < -0.3 is 10.6 Å². The van der Waals surface area contributed by atoms with Crippen molar-refractivity contribution in [1.29, 1.82) is 0 Å². The number of benzene rings is 1. The number of nitrogens with one attached hydrogen (secondary N) is 2. The second kappa shape index (κ2) is 6.20. The van der Waals surface area contributed by atoms with Crippen molar-refractivity contribution >= 4 is 11.6 Å². The van der Waals surface area contributed by atoms with Crippen molar-refractivity contribution in [2.75, 3.05) is 11.9 Å². The molecule has 104 valence electrons. The Morgan fingerprint density at radius 1 is 1.37 bits per heavy atom. The summed E-state index contributed by atoms with van der Waals surface area (Å²) in [5.74, 6) is 0.723. The molecular weight excluding hydrogens is 236 g/mol. The van der Waals surface area contributed by atoms with Crippen molar-refractivity contribution < 1.29 is 4.79 Å². The summed E-state index contributed by atoms with van der Waals surface area (Å²) in [5, 5.41) is 6.50. The molecule has 19 heavy (non-hydrogen) atoms. The van der Waals surface area contributed by atoms with Gasteiger partial charge in [-0.25, -0.2) is 0 Å². The molecule has 2 N–H and O–H groups in total. The second-order valence-electron chi connectivity index (χ2n) is 5.81. The van der Waals surface area contributed by atoms with Gasteiger partial charge in [0.25, 0.3) is 0 Å². The average Bonchev–Trinajstić information content (AvgIpc) is 2.39. The van der Waals surface area contributed by atoms with Gasteiger partial charge in [-0.05, 0) is 43.9 Å². The molecule has 0 unspecified atom stereocenters. The quantitative estimate of drug-likeness (QED) is 0.876. The zero-order chi connectivity index (χ0) is 13.8. The maximum atomic E-state index is 12.3. The van der Waals surface area contributed by atoms with Gasteiger partial charge in [-0.2, -0.15) is 0 Å². The van der Waals surface area contributed by atoms with Crippen molar-refractivity contribution in [3.63, 3.8) is 0 Å². The van der Waals surface area contributed by atoms with E-state index >= 15 is 0 Å². The van der Waals surface area contributed by atoms with Crippen LogP contribution in [0.25, 0.3) is 0 Å². The molecule has 3 nitrogen and oxygen atoms in total. The van der Waals surface area contributed by atoms with Gasteiger partial charge in [0.15, 0.2) is 0 Å². The van der Waals surface area contributed by atoms with Crippen LogP contribution in [0, 0.1) is 5.92 Å². The van der Waals surface area contributed by atoms with E-state index in [0.29, 0.717) is 12.0 Å². The Bertz CT molecular complexity index is 442. The molecule has 1 aromatic rings. The van der Waals surface area contributed by atoms with Crippen LogP contribution in [0.5, 0.6) is 0 Å². The molecule has 2 rings (SSSR count). The molecule has 1 aliphatic rings. The van der Waals surface area contributed by atoms with E-state index < -0.39 is 0 Å². The molecule has 1 aliphatic heterocycles. The summed E-state index contributed by atoms with van der Waals surface area (Å²) in [6.45, 7) is 7.38. The van der Waals surface area contributed by atoms with Gasteiger partial charge >= 0.3 is 0 Å². The summed E-state index contributed by atoms with van der Waals surface area (Å²) in [4.78, 5) is 12.3. The molecule has 1 saturated heterocycles. The summed E-state index contributed by atoms with van der Waals surface area (Å²) in [5.41, 5.74) is 2.17. The average molecular weight is 260 g/mol. The zero-order valence-electron chi connectivity index (χ0n) is 12.1. The lowest BCUT2D eigenvalue weighted by Gasteiger charge is -2.27. The number of carbonyl (C=O) groups is 1. The van der Waals surface area contributed by atoms with Crippen molar-refractivity contribution in [2.45, 2.75) is 45.6 Å². The number of carbonyl (C=O) groups excluding carboxylic acids is 1. The molecule has 0 bridgehead atoms. The first-order valence-corrected chi connectivity index (χ1v) is 7.21.